The smallest absolute Gasteiger partial charge is 0.238 e. The zero-order chi connectivity index (χ0) is 14.0. The standard InChI is InChI=1S/C12H9BrClNO3S/c1-19(16,17)10-4-2-3-9(6-10)18-12-11(14)5-8(13)7-15-12/h2-7H,1H3. The van der Waals surface area contributed by atoms with Crippen LogP contribution in [-0.4, -0.2) is 19.7 Å². The van der Waals surface area contributed by atoms with Crippen molar-refractivity contribution in [2.75, 3.05) is 6.26 Å². The molecule has 0 saturated heterocycles. The fourth-order valence-corrected chi connectivity index (χ4v) is 2.68. The van der Waals surface area contributed by atoms with E-state index in [2.05, 4.69) is 20.9 Å². The molecule has 0 aliphatic heterocycles. The molecule has 1 aromatic heterocycles. The van der Waals surface area contributed by atoms with Gasteiger partial charge in [-0.3, -0.25) is 0 Å². The van der Waals surface area contributed by atoms with Gasteiger partial charge in [-0.1, -0.05) is 17.7 Å². The van der Waals surface area contributed by atoms with Crippen LogP contribution in [0.4, 0.5) is 0 Å². The van der Waals surface area contributed by atoms with Crippen LogP contribution in [0, 0.1) is 0 Å². The summed E-state index contributed by atoms with van der Waals surface area (Å²) in [5, 5.41) is 0.333. The van der Waals surface area contributed by atoms with Gasteiger partial charge in [-0.05, 0) is 40.2 Å². The van der Waals surface area contributed by atoms with Crippen LogP contribution in [0.1, 0.15) is 0 Å². The first-order valence-corrected chi connectivity index (χ1v) is 8.21. The maximum atomic E-state index is 11.4. The lowest BCUT2D eigenvalue weighted by atomic mass is 10.3. The van der Waals surface area contributed by atoms with Crippen molar-refractivity contribution >= 4 is 37.4 Å². The zero-order valence-corrected chi connectivity index (χ0v) is 13.0. The highest BCUT2D eigenvalue weighted by Gasteiger charge is 2.10. The molecule has 0 saturated carbocycles. The Hall–Kier alpha value is -1.11. The second-order valence-electron chi connectivity index (χ2n) is 3.79. The number of sulfone groups is 1. The number of ether oxygens (including phenoxy) is 1. The van der Waals surface area contributed by atoms with E-state index in [1.54, 1.807) is 24.4 Å². The number of benzene rings is 1. The Morgan fingerprint density at radius 1 is 1.32 bits per heavy atom. The van der Waals surface area contributed by atoms with Crippen LogP contribution in [0.5, 0.6) is 11.6 Å². The molecule has 0 aliphatic carbocycles. The molecular formula is C12H9BrClNO3S. The lowest BCUT2D eigenvalue weighted by Crippen LogP contribution is -1.97. The van der Waals surface area contributed by atoms with Gasteiger partial charge in [-0.2, -0.15) is 0 Å². The van der Waals surface area contributed by atoms with Crippen LogP contribution in [-0.2, 0) is 9.84 Å². The molecule has 100 valence electrons. The number of hydrogen-bond acceptors (Lipinski definition) is 4. The SMILES string of the molecule is CS(=O)(=O)c1cccc(Oc2ncc(Br)cc2Cl)c1. The van der Waals surface area contributed by atoms with Gasteiger partial charge in [0, 0.05) is 16.9 Å². The lowest BCUT2D eigenvalue weighted by Gasteiger charge is -2.07. The van der Waals surface area contributed by atoms with E-state index in [1.807, 2.05) is 0 Å². The zero-order valence-electron chi connectivity index (χ0n) is 9.80. The highest BCUT2D eigenvalue weighted by atomic mass is 79.9. The average Bonchev–Trinajstić information content (AvgIpc) is 2.32. The number of aromatic nitrogens is 1. The summed E-state index contributed by atoms with van der Waals surface area (Å²) in [6, 6.07) is 7.80. The van der Waals surface area contributed by atoms with Crippen molar-refractivity contribution in [2.45, 2.75) is 4.90 Å². The minimum Gasteiger partial charge on any atom is -0.437 e. The number of pyridine rings is 1. The Morgan fingerprint density at radius 2 is 2.05 bits per heavy atom. The Bertz CT molecular complexity index is 719. The van der Waals surface area contributed by atoms with E-state index in [9.17, 15) is 8.42 Å². The van der Waals surface area contributed by atoms with Gasteiger partial charge in [-0.15, -0.1) is 0 Å². The monoisotopic (exact) mass is 361 g/mol. The van der Waals surface area contributed by atoms with Crippen molar-refractivity contribution in [1.29, 1.82) is 0 Å². The van der Waals surface area contributed by atoms with Crippen LogP contribution < -0.4 is 4.74 Å². The number of nitrogens with zero attached hydrogens (tertiary/aromatic N) is 1. The summed E-state index contributed by atoms with van der Waals surface area (Å²) in [4.78, 5) is 4.19. The predicted octanol–water partition coefficient (Wildman–Crippen LogP) is 3.69. The summed E-state index contributed by atoms with van der Waals surface area (Å²) in [7, 11) is -3.28. The van der Waals surface area contributed by atoms with E-state index in [0.29, 0.717) is 10.8 Å². The van der Waals surface area contributed by atoms with Gasteiger partial charge in [-0.25, -0.2) is 13.4 Å². The molecule has 0 spiro atoms. The summed E-state index contributed by atoms with van der Waals surface area (Å²) in [6.45, 7) is 0. The van der Waals surface area contributed by atoms with E-state index >= 15 is 0 Å². The maximum absolute atomic E-state index is 11.4. The predicted molar refractivity (Wildman–Crippen MR) is 76.6 cm³/mol. The van der Waals surface area contributed by atoms with Gasteiger partial charge in [0.1, 0.15) is 10.8 Å². The summed E-state index contributed by atoms with van der Waals surface area (Å²) in [6.07, 6.45) is 2.68. The van der Waals surface area contributed by atoms with Crippen molar-refractivity contribution < 1.29 is 13.2 Å². The first kappa shape index (κ1) is 14.3. The molecule has 2 rings (SSSR count). The quantitative estimate of drug-likeness (QED) is 0.835. The van der Waals surface area contributed by atoms with Crippen LogP contribution in [0.3, 0.4) is 0 Å². The number of hydrogen-bond donors (Lipinski definition) is 0. The van der Waals surface area contributed by atoms with Crippen molar-refractivity contribution in [2.24, 2.45) is 0 Å². The maximum Gasteiger partial charge on any atom is 0.238 e. The molecule has 4 nitrogen and oxygen atoms in total. The highest BCUT2D eigenvalue weighted by Crippen LogP contribution is 2.29. The van der Waals surface area contributed by atoms with Crippen LogP contribution in [0.25, 0.3) is 0 Å². The number of halogens is 2. The molecule has 0 atom stereocenters. The van der Waals surface area contributed by atoms with Gasteiger partial charge in [0.25, 0.3) is 0 Å². The first-order valence-electron chi connectivity index (χ1n) is 5.15. The minimum atomic E-state index is -3.28. The fourth-order valence-electron chi connectivity index (χ4n) is 1.36. The van der Waals surface area contributed by atoms with E-state index in [0.717, 1.165) is 10.7 Å². The molecule has 1 heterocycles. The summed E-state index contributed by atoms with van der Waals surface area (Å²) >= 11 is 9.21. The third kappa shape index (κ3) is 3.68. The van der Waals surface area contributed by atoms with Gasteiger partial charge >= 0.3 is 0 Å². The first-order chi connectivity index (χ1) is 8.86. The van der Waals surface area contributed by atoms with Crippen LogP contribution in [0.15, 0.2) is 45.9 Å². The Labute approximate surface area is 124 Å². The molecule has 0 radical (unpaired) electrons. The van der Waals surface area contributed by atoms with Crippen molar-refractivity contribution in [3.8, 4) is 11.6 Å². The Balaban J connectivity index is 2.34. The van der Waals surface area contributed by atoms with E-state index in [4.69, 9.17) is 16.3 Å². The fraction of sp³-hybridized carbons (Fsp3) is 0.0833. The van der Waals surface area contributed by atoms with Gasteiger partial charge in [0.2, 0.25) is 5.88 Å². The van der Waals surface area contributed by atoms with Crippen molar-refractivity contribution in [1.82, 2.24) is 4.98 Å². The topological polar surface area (TPSA) is 56.3 Å². The Morgan fingerprint density at radius 3 is 2.68 bits per heavy atom. The highest BCUT2D eigenvalue weighted by molar-refractivity contribution is 9.10. The normalized spacial score (nSPS) is 11.3. The molecule has 19 heavy (non-hydrogen) atoms. The van der Waals surface area contributed by atoms with E-state index in [1.165, 1.54) is 12.1 Å². The second-order valence-corrected chi connectivity index (χ2v) is 7.13. The van der Waals surface area contributed by atoms with Gasteiger partial charge < -0.3 is 4.74 Å². The molecule has 0 fully saturated rings. The van der Waals surface area contributed by atoms with Crippen LogP contribution >= 0.6 is 27.5 Å². The largest absolute Gasteiger partial charge is 0.437 e. The number of rotatable bonds is 3. The van der Waals surface area contributed by atoms with E-state index < -0.39 is 9.84 Å². The second kappa shape index (κ2) is 5.48. The summed E-state index contributed by atoms with van der Waals surface area (Å²) in [5.74, 6) is 0.579. The van der Waals surface area contributed by atoms with Crippen LogP contribution in [0.2, 0.25) is 5.02 Å². The van der Waals surface area contributed by atoms with Gasteiger partial charge in [0.05, 0.1) is 4.90 Å². The Kier molecular flexibility index (Phi) is 4.13. The molecule has 7 heteroatoms. The van der Waals surface area contributed by atoms with Crippen molar-refractivity contribution in [3.05, 3.63) is 46.0 Å². The third-order valence-electron chi connectivity index (χ3n) is 2.22. The summed E-state index contributed by atoms with van der Waals surface area (Å²) < 4.78 is 29.1. The lowest BCUT2D eigenvalue weighted by molar-refractivity contribution is 0.461. The molecule has 0 unspecified atom stereocenters. The summed E-state index contributed by atoms with van der Waals surface area (Å²) in [5.41, 5.74) is 0. The van der Waals surface area contributed by atoms with Crippen molar-refractivity contribution in [3.63, 3.8) is 0 Å². The molecule has 1 aromatic carbocycles. The molecule has 0 aliphatic rings. The molecule has 0 N–H and O–H groups in total. The third-order valence-corrected chi connectivity index (χ3v) is 4.04. The molecule has 2 aromatic rings. The van der Waals surface area contributed by atoms with E-state index in [-0.39, 0.29) is 10.8 Å². The molecular weight excluding hydrogens is 354 g/mol. The molecule has 0 amide bonds. The molecule has 0 bridgehead atoms. The minimum absolute atomic E-state index is 0.179. The average molecular weight is 363 g/mol. The van der Waals surface area contributed by atoms with Gasteiger partial charge in [0.15, 0.2) is 9.84 Å².